The first-order valence-electron chi connectivity index (χ1n) is 9.34. The third-order valence-corrected chi connectivity index (χ3v) is 5.31. The number of nitrogens with zero attached hydrogens (tertiary/aromatic N) is 2. The highest BCUT2D eigenvalue weighted by molar-refractivity contribution is 14.0. The van der Waals surface area contributed by atoms with E-state index in [9.17, 15) is 0 Å². The molecule has 1 aromatic heterocycles. The second-order valence-corrected chi connectivity index (χ2v) is 7.88. The Morgan fingerprint density at radius 3 is 2.63 bits per heavy atom. The summed E-state index contributed by atoms with van der Waals surface area (Å²) in [6, 6.07) is 13.1. The van der Waals surface area contributed by atoms with E-state index in [2.05, 4.69) is 83.2 Å². The van der Waals surface area contributed by atoms with Gasteiger partial charge in [-0.2, -0.15) is 0 Å². The van der Waals surface area contributed by atoms with E-state index in [0.29, 0.717) is 5.92 Å². The molecule has 1 heterocycles. The third-order valence-electron chi connectivity index (χ3n) is 4.42. The maximum Gasteiger partial charge on any atom is 0.191 e. The number of guanidine groups is 1. The molecule has 1 aromatic carbocycles. The van der Waals surface area contributed by atoms with Crippen LogP contribution in [0.1, 0.15) is 29.9 Å². The highest BCUT2D eigenvalue weighted by atomic mass is 127. The van der Waals surface area contributed by atoms with Crippen molar-refractivity contribution in [1.82, 2.24) is 15.5 Å². The molecule has 0 amide bonds. The Morgan fingerprint density at radius 1 is 1.19 bits per heavy atom. The van der Waals surface area contributed by atoms with E-state index in [4.69, 9.17) is 0 Å². The van der Waals surface area contributed by atoms with Crippen LogP contribution in [0, 0.1) is 5.92 Å². The smallest absolute Gasteiger partial charge is 0.191 e. The molecule has 0 fully saturated rings. The van der Waals surface area contributed by atoms with E-state index < -0.39 is 0 Å². The van der Waals surface area contributed by atoms with Crippen molar-refractivity contribution in [3.63, 3.8) is 0 Å². The summed E-state index contributed by atoms with van der Waals surface area (Å²) in [5.74, 6) is 1.43. The fraction of sp³-hybridized carbons (Fsp3) is 0.476. The number of hydrogen-bond acceptors (Lipinski definition) is 3. The highest BCUT2D eigenvalue weighted by Crippen LogP contribution is 2.13. The minimum atomic E-state index is 0. The molecule has 2 rings (SSSR count). The van der Waals surface area contributed by atoms with Crippen molar-refractivity contribution in [1.29, 1.82) is 0 Å². The Hall–Kier alpha value is -1.12. The summed E-state index contributed by atoms with van der Waals surface area (Å²) in [4.78, 5) is 8.09. The molecular formula is C21H33IN4S. The van der Waals surface area contributed by atoms with Gasteiger partial charge >= 0.3 is 0 Å². The van der Waals surface area contributed by atoms with Crippen molar-refractivity contribution in [2.75, 3.05) is 27.2 Å². The first-order valence-corrected chi connectivity index (χ1v) is 10.2. The first-order chi connectivity index (χ1) is 12.6. The van der Waals surface area contributed by atoms with Crippen molar-refractivity contribution in [2.24, 2.45) is 10.9 Å². The summed E-state index contributed by atoms with van der Waals surface area (Å²) in [5.41, 5.74) is 2.63. The van der Waals surface area contributed by atoms with E-state index >= 15 is 0 Å². The molecule has 0 saturated heterocycles. The standard InChI is InChI=1S/C21H32N4S.HI/c1-5-25(4)16-19-9-6-8-18(13-19)15-24-21(22-3)23-14-17(2)12-20-10-7-11-26-20;/h6-11,13,17H,5,12,14-16H2,1-4H3,(H2,22,23,24);1H. The Morgan fingerprint density at radius 2 is 1.96 bits per heavy atom. The minimum Gasteiger partial charge on any atom is -0.356 e. The van der Waals surface area contributed by atoms with Crippen LogP contribution in [-0.4, -0.2) is 38.0 Å². The van der Waals surface area contributed by atoms with Crippen LogP contribution < -0.4 is 10.6 Å². The summed E-state index contributed by atoms with van der Waals surface area (Å²) in [7, 11) is 3.97. The number of benzene rings is 1. The Bertz CT molecular complexity index is 673. The predicted molar refractivity (Wildman–Crippen MR) is 129 cm³/mol. The zero-order valence-corrected chi connectivity index (χ0v) is 20.0. The number of aliphatic imine (C=N–C) groups is 1. The molecule has 1 atom stereocenters. The van der Waals surface area contributed by atoms with Crippen LogP contribution in [0.15, 0.2) is 46.8 Å². The van der Waals surface area contributed by atoms with Gasteiger partial charge in [0.2, 0.25) is 0 Å². The minimum absolute atomic E-state index is 0. The van der Waals surface area contributed by atoms with Crippen molar-refractivity contribution >= 4 is 41.3 Å². The number of rotatable bonds is 9. The van der Waals surface area contributed by atoms with Crippen molar-refractivity contribution < 1.29 is 0 Å². The van der Waals surface area contributed by atoms with Gasteiger partial charge in [-0.15, -0.1) is 35.3 Å². The fourth-order valence-electron chi connectivity index (χ4n) is 2.78. The topological polar surface area (TPSA) is 39.7 Å². The van der Waals surface area contributed by atoms with E-state index in [0.717, 1.165) is 38.6 Å². The molecule has 0 aliphatic rings. The van der Waals surface area contributed by atoms with Crippen LogP contribution in [0.2, 0.25) is 0 Å². The number of thiophene rings is 1. The third kappa shape index (κ3) is 9.08. The molecule has 2 aromatic rings. The molecule has 6 heteroatoms. The van der Waals surface area contributed by atoms with Crippen LogP contribution >= 0.6 is 35.3 Å². The average molecular weight is 500 g/mol. The molecule has 0 spiro atoms. The second-order valence-electron chi connectivity index (χ2n) is 6.85. The molecule has 0 saturated carbocycles. The van der Waals surface area contributed by atoms with Gasteiger partial charge in [-0.3, -0.25) is 4.99 Å². The largest absolute Gasteiger partial charge is 0.356 e. The van der Waals surface area contributed by atoms with E-state index in [1.165, 1.54) is 16.0 Å². The molecule has 0 radical (unpaired) electrons. The Labute approximate surface area is 185 Å². The summed E-state index contributed by atoms with van der Waals surface area (Å²) in [5, 5.41) is 9.01. The molecule has 2 N–H and O–H groups in total. The Balaban J connectivity index is 0.00000364. The second kappa shape index (κ2) is 13.1. The lowest BCUT2D eigenvalue weighted by atomic mass is 10.1. The van der Waals surface area contributed by atoms with Crippen molar-refractivity contribution in [3.8, 4) is 0 Å². The van der Waals surface area contributed by atoms with Crippen LogP contribution in [0.5, 0.6) is 0 Å². The highest BCUT2D eigenvalue weighted by Gasteiger charge is 2.06. The number of nitrogens with one attached hydrogen (secondary N) is 2. The zero-order chi connectivity index (χ0) is 18.8. The fourth-order valence-corrected chi connectivity index (χ4v) is 3.65. The summed E-state index contributed by atoms with van der Waals surface area (Å²) in [6.07, 6.45) is 1.11. The van der Waals surface area contributed by atoms with E-state index in [1.807, 2.05) is 18.4 Å². The molecular weight excluding hydrogens is 467 g/mol. The van der Waals surface area contributed by atoms with Gasteiger partial charge < -0.3 is 15.5 Å². The first kappa shape index (κ1) is 23.9. The maximum atomic E-state index is 4.34. The molecule has 4 nitrogen and oxygen atoms in total. The molecule has 0 aliphatic carbocycles. The van der Waals surface area contributed by atoms with Gasteiger partial charge in [-0.05, 0) is 48.5 Å². The van der Waals surface area contributed by atoms with Gasteiger partial charge in [-0.25, -0.2) is 0 Å². The van der Waals surface area contributed by atoms with Crippen LogP contribution in [0.4, 0.5) is 0 Å². The quantitative estimate of drug-likeness (QED) is 0.305. The predicted octanol–water partition coefficient (Wildman–Crippen LogP) is 4.36. The number of hydrogen-bond donors (Lipinski definition) is 2. The molecule has 0 aliphatic heterocycles. The number of halogens is 1. The maximum absolute atomic E-state index is 4.34. The molecule has 1 unspecified atom stereocenters. The molecule has 0 bridgehead atoms. The van der Waals surface area contributed by atoms with Gasteiger partial charge in [0, 0.05) is 31.6 Å². The Kier molecular flexibility index (Phi) is 11.6. The van der Waals surface area contributed by atoms with Gasteiger partial charge in [0.25, 0.3) is 0 Å². The SMILES string of the molecule is CCN(C)Cc1cccc(CNC(=NC)NCC(C)Cc2cccs2)c1.I. The summed E-state index contributed by atoms with van der Waals surface area (Å²) in [6.45, 7) is 8.19. The van der Waals surface area contributed by atoms with Crippen LogP contribution in [0.3, 0.4) is 0 Å². The zero-order valence-electron chi connectivity index (χ0n) is 16.9. The van der Waals surface area contributed by atoms with Gasteiger partial charge in [0.1, 0.15) is 0 Å². The normalized spacial score (nSPS) is 12.6. The van der Waals surface area contributed by atoms with Crippen molar-refractivity contribution in [3.05, 3.63) is 57.8 Å². The summed E-state index contributed by atoms with van der Waals surface area (Å²) < 4.78 is 0. The summed E-state index contributed by atoms with van der Waals surface area (Å²) >= 11 is 1.83. The van der Waals surface area contributed by atoms with Gasteiger partial charge in [-0.1, -0.05) is 44.2 Å². The molecule has 150 valence electrons. The van der Waals surface area contributed by atoms with Crippen LogP contribution in [0.25, 0.3) is 0 Å². The lowest BCUT2D eigenvalue weighted by molar-refractivity contribution is 0.345. The average Bonchev–Trinajstić information content (AvgIpc) is 3.15. The van der Waals surface area contributed by atoms with Gasteiger partial charge in [0.15, 0.2) is 5.96 Å². The lowest BCUT2D eigenvalue weighted by Crippen LogP contribution is -2.39. The van der Waals surface area contributed by atoms with E-state index in [-0.39, 0.29) is 24.0 Å². The monoisotopic (exact) mass is 500 g/mol. The molecule has 27 heavy (non-hydrogen) atoms. The van der Waals surface area contributed by atoms with Crippen LogP contribution in [-0.2, 0) is 19.5 Å². The van der Waals surface area contributed by atoms with Crippen molar-refractivity contribution in [2.45, 2.75) is 33.4 Å². The van der Waals surface area contributed by atoms with Gasteiger partial charge in [0.05, 0.1) is 0 Å². The lowest BCUT2D eigenvalue weighted by Gasteiger charge is -2.17. The van der Waals surface area contributed by atoms with E-state index in [1.54, 1.807) is 0 Å².